The Morgan fingerprint density at radius 2 is 2.35 bits per heavy atom. The van der Waals surface area contributed by atoms with Crippen molar-refractivity contribution in [1.82, 2.24) is 4.98 Å². The van der Waals surface area contributed by atoms with Gasteiger partial charge in [-0.2, -0.15) is 11.8 Å². The van der Waals surface area contributed by atoms with Gasteiger partial charge in [0.2, 0.25) is 0 Å². The SMILES string of the molecule is CCOC(=O)c1cccnc1NC1CCC(SCC)C1. The Hall–Kier alpha value is -1.23. The number of hydrogen-bond acceptors (Lipinski definition) is 5. The first kappa shape index (κ1) is 15.2. The van der Waals surface area contributed by atoms with Crippen molar-refractivity contribution in [2.45, 2.75) is 44.4 Å². The molecule has 0 bridgehead atoms. The smallest absolute Gasteiger partial charge is 0.341 e. The molecule has 0 saturated heterocycles. The molecule has 1 fully saturated rings. The van der Waals surface area contributed by atoms with Crippen molar-refractivity contribution in [3.05, 3.63) is 23.9 Å². The van der Waals surface area contributed by atoms with E-state index < -0.39 is 0 Å². The van der Waals surface area contributed by atoms with E-state index >= 15 is 0 Å². The minimum Gasteiger partial charge on any atom is -0.462 e. The summed E-state index contributed by atoms with van der Waals surface area (Å²) in [7, 11) is 0. The Morgan fingerprint density at radius 1 is 1.50 bits per heavy atom. The van der Waals surface area contributed by atoms with E-state index in [4.69, 9.17) is 4.74 Å². The predicted octanol–water partition coefficient (Wildman–Crippen LogP) is 3.34. The lowest BCUT2D eigenvalue weighted by Gasteiger charge is -2.16. The quantitative estimate of drug-likeness (QED) is 0.815. The molecule has 2 unspecified atom stereocenters. The number of nitrogens with one attached hydrogen (secondary N) is 1. The normalized spacial score (nSPS) is 21.7. The van der Waals surface area contributed by atoms with E-state index in [9.17, 15) is 4.79 Å². The van der Waals surface area contributed by atoms with E-state index in [1.54, 1.807) is 18.3 Å². The van der Waals surface area contributed by atoms with Crippen LogP contribution in [0.15, 0.2) is 18.3 Å². The minimum atomic E-state index is -0.305. The van der Waals surface area contributed by atoms with Crippen LogP contribution in [0, 0.1) is 0 Å². The van der Waals surface area contributed by atoms with Gasteiger partial charge in [-0.1, -0.05) is 6.92 Å². The molecule has 1 saturated carbocycles. The highest BCUT2D eigenvalue weighted by Crippen LogP contribution is 2.31. The van der Waals surface area contributed by atoms with Crippen molar-refractivity contribution in [2.75, 3.05) is 17.7 Å². The van der Waals surface area contributed by atoms with Crippen LogP contribution in [0.2, 0.25) is 0 Å². The number of aromatic nitrogens is 1. The fourth-order valence-electron chi connectivity index (χ4n) is 2.55. The Balaban J connectivity index is 2.01. The second-order valence-electron chi connectivity index (χ2n) is 4.85. The summed E-state index contributed by atoms with van der Waals surface area (Å²) in [5, 5.41) is 4.14. The van der Waals surface area contributed by atoms with Crippen molar-refractivity contribution in [3.63, 3.8) is 0 Å². The molecule has 1 aromatic heterocycles. The van der Waals surface area contributed by atoms with Crippen molar-refractivity contribution in [3.8, 4) is 0 Å². The fourth-order valence-corrected chi connectivity index (χ4v) is 3.69. The Morgan fingerprint density at radius 3 is 3.10 bits per heavy atom. The van der Waals surface area contributed by atoms with Gasteiger partial charge in [0.15, 0.2) is 0 Å². The third kappa shape index (κ3) is 3.88. The molecule has 20 heavy (non-hydrogen) atoms. The van der Waals surface area contributed by atoms with E-state index in [0.717, 1.165) is 23.8 Å². The molecular formula is C15H22N2O2S. The van der Waals surface area contributed by atoms with Crippen molar-refractivity contribution in [2.24, 2.45) is 0 Å². The zero-order valence-electron chi connectivity index (χ0n) is 12.1. The summed E-state index contributed by atoms with van der Waals surface area (Å²) in [6, 6.07) is 3.93. The summed E-state index contributed by atoms with van der Waals surface area (Å²) in [5.74, 6) is 1.51. The lowest BCUT2D eigenvalue weighted by atomic mass is 10.2. The van der Waals surface area contributed by atoms with Gasteiger partial charge in [-0.25, -0.2) is 9.78 Å². The lowest BCUT2D eigenvalue weighted by Crippen LogP contribution is -2.20. The van der Waals surface area contributed by atoms with Crippen LogP contribution in [0.4, 0.5) is 5.82 Å². The molecule has 1 N–H and O–H groups in total. The molecule has 1 aromatic rings. The number of carbonyl (C=O) groups is 1. The maximum absolute atomic E-state index is 11.9. The maximum atomic E-state index is 11.9. The summed E-state index contributed by atoms with van der Waals surface area (Å²) in [5.41, 5.74) is 0.529. The van der Waals surface area contributed by atoms with Gasteiger partial charge in [-0.3, -0.25) is 0 Å². The minimum absolute atomic E-state index is 0.305. The first-order chi connectivity index (χ1) is 9.74. The summed E-state index contributed by atoms with van der Waals surface area (Å²) < 4.78 is 5.07. The Kier molecular flexibility index (Phi) is 5.71. The molecule has 0 spiro atoms. The first-order valence-corrected chi connectivity index (χ1v) is 8.29. The molecule has 0 amide bonds. The van der Waals surface area contributed by atoms with Crippen molar-refractivity contribution < 1.29 is 9.53 Å². The second-order valence-corrected chi connectivity index (χ2v) is 6.43. The molecular weight excluding hydrogens is 272 g/mol. The molecule has 5 heteroatoms. The second kappa shape index (κ2) is 7.53. The van der Waals surface area contributed by atoms with Gasteiger partial charge in [0.05, 0.1) is 6.61 Å². The standard InChI is InChI=1S/C15H22N2O2S/c1-3-19-15(18)13-6-5-9-16-14(13)17-11-7-8-12(10-11)20-4-2/h5-6,9,11-12H,3-4,7-8,10H2,1-2H3,(H,16,17). The first-order valence-electron chi connectivity index (χ1n) is 7.24. The van der Waals surface area contributed by atoms with Crippen molar-refractivity contribution >= 4 is 23.5 Å². The van der Waals surface area contributed by atoms with Gasteiger partial charge < -0.3 is 10.1 Å². The lowest BCUT2D eigenvalue weighted by molar-refractivity contribution is 0.0527. The third-order valence-electron chi connectivity index (χ3n) is 3.43. The van der Waals surface area contributed by atoms with Crippen molar-refractivity contribution in [1.29, 1.82) is 0 Å². The van der Waals surface area contributed by atoms with E-state index in [1.807, 2.05) is 18.7 Å². The molecule has 2 atom stereocenters. The highest BCUT2D eigenvalue weighted by Gasteiger charge is 2.26. The topological polar surface area (TPSA) is 51.2 Å². The van der Waals surface area contributed by atoms with Crippen LogP contribution >= 0.6 is 11.8 Å². The largest absolute Gasteiger partial charge is 0.462 e. The monoisotopic (exact) mass is 294 g/mol. The van der Waals surface area contributed by atoms with E-state index in [-0.39, 0.29) is 5.97 Å². The molecule has 0 aliphatic heterocycles. The van der Waals surface area contributed by atoms with Gasteiger partial charge in [0, 0.05) is 17.5 Å². The zero-order chi connectivity index (χ0) is 14.4. The van der Waals surface area contributed by atoms with E-state index in [0.29, 0.717) is 24.0 Å². The molecule has 2 rings (SSSR count). The van der Waals surface area contributed by atoms with Crippen LogP contribution < -0.4 is 5.32 Å². The van der Waals surface area contributed by atoms with E-state index in [2.05, 4.69) is 17.2 Å². The average molecular weight is 294 g/mol. The number of ether oxygens (including phenoxy) is 1. The Bertz CT molecular complexity index is 453. The van der Waals surface area contributed by atoms with Crippen LogP contribution in [-0.2, 0) is 4.74 Å². The molecule has 0 aromatic carbocycles. The van der Waals surface area contributed by atoms with Gasteiger partial charge in [0.1, 0.15) is 11.4 Å². The third-order valence-corrected chi connectivity index (χ3v) is 4.66. The fraction of sp³-hybridized carbons (Fsp3) is 0.600. The molecule has 1 aliphatic rings. The number of hydrogen-bond donors (Lipinski definition) is 1. The van der Waals surface area contributed by atoms with E-state index in [1.165, 1.54) is 6.42 Å². The number of nitrogens with zero attached hydrogens (tertiary/aromatic N) is 1. The number of esters is 1. The molecule has 1 heterocycles. The highest BCUT2D eigenvalue weighted by molar-refractivity contribution is 7.99. The predicted molar refractivity (Wildman–Crippen MR) is 83.4 cm³/mol. The van der Waals surface area contributed by atoms with Crippen LogP contribution in [0.25, 0.3) is 0 Å². The van der Waals surface area contributed by atoms with Crippen LogP contribution in [-0.4, -0.2) is 34.6 Å². The molecule has 1 aliphatic carbocycles. The molecule has 110 valence electrons. The van der Waals surface area contributed by atoms with Crippen LogP contribution in [0.3, 0.4) is 0 Å². The van der Waals surface area contributed by atoms with Crippen LogP contribution in [0.1, 0.15) is 43.5 Å². The maximum Gasteiger partial charge on any atom is 0.341 e. The van der Waals surface area contributed by atoms with Gasteiger partial charge in [0.25, 0.3) is 0 Å². The molecule has 0 radical (unpaired) electrons. The number of thioether (sulfide) groups is 1. The number of carbonyl (C=O) groups excluding carboxylic acids is 1. The molecule has 4 nitrogen and oxygen atoms in total. The number of anilines is 1. The van der Waals surface area contributed by atoms with Gasteiger partial charge >= 0.3 is 5.97 Å². The summed E-state index contributed by atoms with van der Waals surface area (Å²) in [6.45, 7) is 4.39. The summed E-state index contributed by atoms with van der Waals surface area (Å²) >= 11 is 2.02. The van der Waals surface area contributed by atoms with Crippen LogP contribution in [0.5, 0.6) is 0 Å². The van der Waals surface area contributed by atoms with Gasteiger partial charge in [-0.05, 0) is 44.1 Å². The number of pyridine rings is 1. The van der Waals surface area contributed by atoms with Gasteiger partial charge in [-0.15, -0.1) is 0 Å². The Labute approximate surface area is 124 Å². The number of rotatable bonds is 6. The zero-order valence-corrected chi connectivity index (χ0v) is 12.9. The summed E-state index contributed by atoms with van der Waals surface area (Å²) in [6.07, 6.45) is 5.21. The average Bonchev–Trinajstić information content (AvgIpc) is 2.87. The summed E-state index contributed by atoms with van der Waals surface area (Å²) in [4.78, 5) is 16.2. The highest BCUT2D eigenvalue weighted by atomic mass is 32.2.